The Morgan fingerprint density at radius 3 is 2.00 bits per heavy atom. The van der Waals surface area contributed by atoms with Crippen molar-refractivity contribution in [2.45, 2.75) is 0 Å². The molecule has 0 aliphatic rings. The Morgan fingerprint density at radius 1 is 0.731 bits per heavy atom. The van der Waals surface area contributed by atoms with Crippen LogP contribution in [-0.2, 0) is 0 Å². The van der Waals surface area contributed by atoms with Crippen molar-refractivity contribution < 1.29 is 18.9 Å². The second-order valence-corrected chi connectivity index (χ2v) is 5.29. The molecular formula is C19H19N3O4. The first-order chi connectivity index (χ1) is 12.7. The third-order valence-electron chi connectivity index (χ3n) is 3.91. The van der Waals surface area contributed by atoms with Gasteiger partial charge in [0, 0.05) is 35.2 Å². The standard InChI is InChI=1S/C19H19N3O4/c1-23-15-7-13(8-16(24-2)19(15)26-4)18-14(10-20-11-22-18)12-5-6-17(25-3)21-9-12/h5-11H,1-4H3. The number of benzene rings is 1. The lowest BCUT2D eigenvalue weighted by molar-refractivity contribution is 0.324. The van der Waals surface area contributed by atoms with Gasteiger partial charge in [-0.2, -0.15) is 0 Å². The average Bonchev–Trinajstić information content (AvgIpc) is 2.72. The molecule has 26 heavy (non-hydrogen) atoms. The minimum absolute atomic E-state index is 0.528. The van der Waals surface area contributed by atoms with Gasteiger partial charge in [-0.3, -0.25) is 0 Å². The average molecular weight is 353 g/mol. The molecule has 0 aliphatic carbocycles. The van der Waals surface area contributed by atoms with Crippen molar-refractivity contribution in [3.05, 3.63) is 43.0 Å². The Hall–Kier alpha value is -3.35. The molecule has 0 radical (unpaired) electrons. The largest absolute Gasteiger partial charge is 0.493 e. The molecule has 3 rings (SSSR count). The highest BCUT2D eigenvalue weighted by Crippen LogP contribution is 2.42. The molecule has 0 saturated carbocycles. The van der Waals surface area contributed by atoms with Crippen LogP contribution in [-0.4, -0.2) is 43.4 Å². The molecule has 0 saturated heterocycles. The van der Waals surface area contributed by atoms with Crippen molar-refractivity contribution in [3.8, 4) is 45.5 Å². The van der Waals surface area contributed by atoms with Gasteiger partial charge in [-0.05, 0) is 18.2 Å². The molecule has 134 valence electrons. The molecule has 0 spiro atoms. The van der Waals surface area contributed by atoms with Gasteiger partial charge >= 0.3 is 0 Å². The minimum Gasteiger partial charge on any atom is -0.493 e. The molecule has 7 heteroatoms. The maximum absolute atomic E-state index is 5.44. The van der Waals surface area contributed by atoms with Gasteiger partial charge < -0.3 is 18.9 Å². The first-order valence-electron chi connectivity index (χ1n) is 7.82. The highest BCUT2D eigenvalue weighted by molar-refractivity contribution is 5.81. The van der Waals surface area contributed by atoms with Crippen LogP contribution in [0.2, 0.25) is 0 Å². The lowest BCUT2D eigenvalue weighted by atomic mass is 10.0. The number of aromatic nitrogens is 3. The van der Waals surface area contributed by atoms with E-state index in [-0.39, 0.29) is 0 Å². The quantitative estimate of drug-likeness (QED) is 0.673. The summed E-state index contributed by atoms with van der Waals surface area (Å²) in [4.78, 5) is 12.9. The van der Waals surface area contributed by atoms with Crippen LogP contribution >= 0.6 is 0 Å². The van der Waals surface area contributed by atoms with Crippen LogP contribution in [0.4, 0.5) is 0 Å². The summed E-state index contributed by atoms with van der Waals surface area (Å²) in [5.41, 5.74) is 3.24. The molecule has 0 atom stereocenters. The van der Waals surface area contributed by atoms with Gasteiger partial charge in [-0.15, -0.1) is 0 Å². The van der Waals surface area contributed by atoms with Crippen LogP contribution < -0.4 is 18.9 Å². The first kappa shape index (κ1) is 17.5. The predicted molar refractivity (Wildman–Crippen MR) is 96.9 cm³/mol. The Morgan fingerprint density at radius 2 is 1.46 bits per heavy atom. The molecule has 2 aromatic heterocycles. The molecule has 0 fully saturated rings. The lowest BCUT2D eigenvalue weighted by Crippen LogP contribution is -1.97. The zero-order valence-corrected chi connectivity index (χ0v) is 15.0. The molecular weight excluding hydrogens is 334 g/mol. The molecule has 0 bridgehead atoms. The van der Waals surface area contributed by atoms with Gasteiger partial charge in [0.25, 0.3) is 0 Å². The van der Waals surface area contributed by atoms with Crippen LogP contribution in [0.5, 0.6) is 23.1 Å². The number of hydrogen-bond donors (Lipinski definition) is 0. The fraction of sp³-hybridized carbons (Fsp3) is 0.211. The third-order valence-corrected chi connectivity index (χ3v) is 3.91. The van der Waals surface area contributed by atoms with E-state index in [1.807, 2.05) is 18.2 Å². The maximum atomic E-state index is 5.44. The van der Waals surface area contributed by atoms with Crippen LogP contribution in [0.25, 0.3) is 22.4 Å². The van der Waals surface area contributed by atoms with E-state index in [1.54, 1.807) is 46.9 Å². The summed E-state index contributed by atoms with van der Waals surface area (Å²) in [7, 11) is 6.30. The smallest absolute Gasteiger partial charge is 0.212 e. The Bertz CT molecular complexity index is 873. The van der Waals surface area contributed by atoms with E-state index in [0.29, 0.717) is 23.1 Å². The summed E-state index contributed by atoms with van der Waals surface area (Å²) >= 11 is 0. The highest BCUT2D eigenvalue weighted by Gasteiger charge is 2.17. The van der Waals surface area contributed by atoms with Crippen LogP contribution in [0.3, 0.4) is 0 Å². The normalized spacial score (nSPS) is 10.3. The predicted octanol–water partition coefficient (Wildman–Crippen LogP) is 3.24. The monoisotopic (exact) mass is 353 g/mol. The van der Waals surface area contributed by atoms with Gasteiger partial charge in [0.2, 0.25) is 11.6 Å². The molecule has 0 N–H and O–H groups in total. The van der Waals surface area contributed by atoms with Crippen molar-refractivity contribution in [1.82, 2.24) is 15.0 Å². The van der Waals surface area contributed by atoms with E-state index in [4.69, 9.17) is 18.9 Å². The van der Waals surface area contributed by atoms with E-state index in [2.05, 4.69) is 15.0 Å². The van der Waals surface area contributed by atoms with Crippen molar-refractivity contribution in [2.24, 2.45) is 0 Å². The van der Waals surface area contributed by atoms with Gasteiger partial charge in [0.15, 0.2) is 11.5 Å². The van der Waals surface area contributed by atoms with Crippen LogP contribution in [0.1, 0.15) is 0 Å². The van der Waals surface area contributed by atoms with E-state index in [9.17, 15) is 0 Å². The second-order valence-electron chi connectivity index (χ2n) is 5.29. The lowest BCUT2D eigenvalue weighted by Gasteiger charge is -2.15. The topological polar surface area (TPSA) is 75.6 Å². The van der Waals surface area contributed by atoms with E-state index >= 15 is 0 Å². The summed E-state index contributed by atoms with van der Waals surface area (Å²) < 4.78 is 21.4. The summed E-state index contributed by atoms with van der Waals surface area (Å²) in [6.07, 6.45) is 4.97. The number of pyridine rings is 1. The Balaban J connectivity index is 2.16. The number of nitrogens with zero attached hydrogens (tertiary/aromatic N) is 3. The zero-order valence-electron chi connectivity index (χ0n) is 15.0. The molecule has 2 heterocycles. The van der Waals surface area contributed by atoms with Crippen LogP contribution in [0, 0.1) is 0 Å². The minimum atomic E-state index is 0.528. The van der Waals surface area contributed by atoms with E-state index in [1.165, 1.54) is 6.33 Å². The molecule has 0 unspecified atom stereocenters. The first-order valence-corrected chi connectivity index (χ1v) is 7.82. The van der Waals surface area contributed by atoms with E-state index < -0.39 is 0 Å². The van der Waals surface area contributed by atoms with Crippen molar-refractivity contribution in [3.63, 3.8) is 0 Å². The van der Waals surface area contributed by atoms with Crippen LogP contribution in [0.15, 0.2) is 43.0 Å². The Kier molecular flexibility index (Phi) is 5.17. The fourth-order valence-corrected chi connectivity index (χ4v) is 2.65. The fourth-order valence-electron chi connectivity index (χ4n) is 2.65. The van der Waals surface area contributed by atoms with Crippen molar-refractivity contribution >= 4 is 0 Å². The summed E-state index contributed by atoms with van der Waals surface area (Å²) in [6, 6.07) is 7.40. The second kappa shape index (κ2) is 7.69. The zero-order chi connectivity index (χ0) is 18.5. The van der Waals surface area contributed by atoms with Gasteiger partial charge in [0.05, 0.1) is 34.1 Å². The summed E-state index contributed by atoms with van der Waals surface area (Å²) in [6.45, 7) is 0. The molecule has 1 aromatic carbocycles. The number of hydrogen-bond acceptors (Lipinski definition) is 7. The number of methoxy groups -OCH3 is 4. The molecule has 0 aliphatic heterocycles. The summed E-state index contributed by atoms with van der Waals surface area (Å²) in [5, 5.41) is 0. The van der Waals surface area contributed by atoms with Crippen molar-refractivity contribution in [2.75, 3.05) is 28.4 Å². The molecule has 7 nitrogen and oxygen atoms in total. The van der Waals surface area contributed by atoms with Crippen molar-refractivity contribution in [1.29, 1.82) is 0 Å². The number of ether oxygens (including phenoxy) is 4. The molecule has 3 aromatic rings. The maximum Gasteiger partial charge on any atom is 0.212 e. The highest BCUT2D eigenvalue weighted by atomic mass is 16.5. The SMILES string of the molecule is COc1ccc(-c2cncnc2-c2cc(OC)c(OC)c(OC)c2)cn1. The third kappa shape index (κ3) is 3.23. The molecule has 0 amide bonds. The Labute approximate surface area is 151 Å². The van der Waals surface area contributed by atoms with E-state index in [0.717, 1.165) is 22.4 Å². The summed E-state index contributed by atoms with van der Waals surface area (Å²) in [5.74, 6) is 2.18. The number of rotatable bonds is 6. The van der Waals surface area contributed by atoms with Gasteiger partial charge in [0.1, 0.15) is 6.33 Å². The van der Waals surface area contributed by atoms with Gasteiger partial charge in [-0.25, -0.2) is 15.0 Å². The van der Waals surface area contributed by atoms with Gasteiger partial charge in [-0.1, -0.05) is 0 Å².